The maximum Gasteiger partial charge on any atom is 0.414 e. The molecule has 8 nitrogen and oxygen atoms in total. The average Bonchev–Trinajstić information content (AvgIpc) is 2.69. The summed E-state index contributed by atoms with van der Waals surface area (Å²) in [6.45, 7) is 3.98. The normalized spacial score (nSPS) is 10.0. The molecule has 0 saturated heterocycles. The molecule has 0 atom stereocenters. The average molecular weight is 402 g/mol. The van der Waals surface area contributed by atoms with Crippen molar-refractivity contribution in [1.29, 1.82) is 0 Å². The summed E-state index contributed by atoms with van der Waals surface area (Å²) in [4.78, 5) is 32.4. The number of carbonyl (C=O) groups excluding carboxylic acids is 1. The zero-order chi connectivity index (χ0) is 21.6. The van der Waals surface area contributed by atoms with E-state index in [9.17, 15) is 9.90 Å². The zero-order valence-corrected chi connectivity index (χ0v) is 16.2. The summed E-state index contributed by atoms with van der Waals surface area (Å²) in [6.07, 6.45) is 0.404. The Hall–Kier alpha value is -3.23. The third-order valence-electron chi connectivity index (χ3n) is 3.92. The number of anilines is 1. The van der Waals surface area contributed by atoms with Gasteiger partial charge in [-0.05, 0) is 24.1 Å². The molecular formula is C21H26N2O6. The molecule has 0 radical (unpaired) electrons. The lowest BCUT2D eigenvalue weighted by molar-refractivity contribution is -0.159. The predicted octanol–water partition coefficient (Wildman–Crippen LogP) is 1.97. The Morgan fingerprint density at radius 3 is 2.03 bits per heavy atom. The topological polar surface area (TPSA) is 127 Å². The van der Waals surface area contributed by atoms with Gasteiger partial charge in [-0.15, -0.1) is 0 Å². The van der Waals surface area contributed by atoms with Crippen molar-refractivity contribution in [3.05, 3.63) is 65.7 Å². The van der Waals surface area contributed by atoms with Crippen LogP contribution in [0.15, 0.2) is 54.6 Å². The third-order valence-corrected chi connectivity index (χ3v) is 3.92. The van der Waals surface area contributed by atoms with Gasteiger partial charge in [0.1, 0.15) is 0 Å². The van der Waals surface area contributed by atoms with E-state index in [0.29, 0.717) is 19.5 Å². The fourth-order valence-corrected chi connectivity index (χ4v) is 2.44. The summed E-state index contributed by atoms with van der Waals surface area (Å²) in [5.41, 5.74) is 3.09. The van der Waals surface area contributed by atoms with E-state index in [-0.39, 0.29) is 12.5 Å². The molecule has 2 aromatic carbocycles. The van der Waals surface area contributed by atoms with Crippen LogP contribution in [0.4, 0.5) is 5.69 Å². The van der Waals surface area contributed by atoms with Crippen molar-refractivity contribution in [1.82, 2.24) is 4.90 Å². The van der Waals surface area contributed by atoms with E-state index in [1.807, 2.05) is 49.4 Å². The second-order valence-electron chi connectivity index (χ2n) is 6.21. The van der Waals surface area contributed by atoms with Gasteiger partial charge in [-0.3, -0.25) is 9.69 Å². The zero-order valence-electron chi connectivity index (χ0n) is 16.2. The Balaban J connectivity index is 0.000000612. The van der Waals surface area contributed by atoms with Gasteiger partial charge in [0.2, 0.25) is 5.91 Å². The molecule has 1 amide bonds. The van der Waals surface area contributed by atoms with Crippen LogP contribution in [0.5, 0.6) is 0 Å². The lowest BCUT2D eigenvalue weighted by Gasteiger charge is -2.21. The maximum atomic E-state index is 12.1. The Kier molecular flexibility index (Phi) is 10.7. The first-order valence-corrected chi connectivity index (χ1v) is 9.02. The quantitative estimate of drug-likeness (QED) is 0.497. The molecule has 0 saturated carbocycles. The Morgan fingerprint density at radius 1 is 0.897 bits per heavy atom. The van der Waals surface area contributed by atoms with Gasteiger partial charge in [0.05, 0.1) is 6.61 Å². The summed E-state index contributed by atoms with van der Waals surface area (Å²) in [5, 5.41) is 26.9. The third kappa shape index (κ3) is 10.0. The lowest BCUT2D eigenvalue weighted by Crippen LogP contribution is -2.30. The standard InChI is InChI=1S/C19H24N2O2.C2H2O4/c1-16-7-5-6-10-18(16)20-19(23)11-12-21(13-14-22)15-17-8-3-2-4-9-17;3-1(4)2(5)6/h2-10,22H,11-15H2,1H3,(H,20,23);(H,3,4)(H,5,6). The van der Waals surface area contributed by atoms with E-state index in [0.717, 1.165) is 17.8 Å². The van der Waals surface area contributed by atoms with Crippen LogP contribution in [-0.4, -0.2) is 57.8 Å². The molecular weight excluding hydrogens is 376 g/mol. The molecule has 0 fully saturated rings. The van der Waals surface area contributed by atoms with Gasteiger partial charge in [0.15, 0.2) is 0 Å². The smallest absolute Gasteiger partial charge is 0.414 e. The Labute approximate surface area is 169 Å². The number of hydrogen-bond donors (Lipinski definition) is 4. The first-order valence-electron chi connectivity index (χ1n) is 9.02. The van der Waals surface area contributed by atoms with E-state index < -0.39 is 11.9 Å². The lowest BCUT2D eigenvalue weighted by atomic mass is 10.2. The van der Waals surface area contributed by atoms with E-state index in [1.54, 1.807) is 0 Å². The molecule has 0 heterocycles. The number of nitrogens with one attached hydrogen (secondary N) is 1. The molecule has 0 aromatic heterocycles. The van der Waals surface area contributed by atoms with Crippen LogP contribution in [0, 0.1) is 6.92 Å². The molecule has 4 N–H and O–H groups in total. The number of para-hydroxylation sites is 1. The Morgan fingerprint density at radius 2 is 1.48 bits per heavy atom. The SMILES string of the molecule is Cc1ccccc1NC(=O)CCN(CCO)Cc1ccccc1.O=C(O)C(=O)O. The highest BCUT2D eigenvalue weighted by Gasteiger charge is 2.10. The summed E-state index contributed by atoms with van der Waals surface area (Å²) in [5.74, 6) is -3.65. The predicted molar refractivity (Wildman–Crippen MR) is 109 cm³/mol. The highest BCUT2D eigenvalue weighted by molar-refractivity contribution is 6.27. The van der Waals surface area contributed by atoms with E-state index in [4.69, 9.17) is 19.8 Å². The molecule has 0 aliphatic rings. The van der Waals surface area contributed by atoms with Crippen molar-refractivity contribution in [2.24, 2.45) is 0 Å². The van der Waals surface area contributed by atoms with Crippen LogP contribution in [0.2, 0.25) is 0 Å². The van der Waals surface area contributed by atoms with Crippen molar-refractivity contribution in [3.8, 4) is 0 Å². The highest BCUT2D eigenvalue weighted by atomic mass is 16.4. The van der Waals surface area contributed by atoms with Crippen LogP contribution in [0.3, 0.4) is 0 Å². The summed E-state index contributed by atoms with van der Waals surface area (Å²) >= 11 is 0. The first kappa shape index (κ1) is 23.8. The Bertz CT molecular complexity index is 783. The van der Waals surface area contributed by atoms with Gasteiger partial charge < -0.3 is 20.6 Å². The van der Waals surface area contributed by atoms with E-state index in [2.05, 4.69) is 22.3 Å². The van der Waals surface area contributed by atoms with Crippen molar-refractivity contribution in [3.63, 3.8) is 0 Å². The number of carboxylic acid groups (broad SMARTS) is 2. The van der Waals surface area contributed by atoms with Crippen LogP contribution in [0.1, 0.15) is 17.5 Å². The molecule has 156 valence electrons. The number of aryl methyl sites for hydroxylation is 1. The summed E-state index contributed by atoms with van der Waals surface area (Å²) in [6, 6.07) is 17.8. The number of benzene rings is 2. The van der Waals surface area contributed by atoms with Crippen LogP contribution in [-0.2, 0) is 20.9 Å². The summed E-state index contributed by atoms with van der Waals surface area (Å²) < 4.78 is 0. The number of aliphatic carboxylic acids is 2. The second-order valence-corrected chi connectivity index (χ2v) is 6.21. The molecule has 0 bridgehead atoms. The monoisotopic (exact) mass is 402 g/mol. The van der Waals surface area contributed by atoms with Gasteiger partial charge in [0.25, 0.3) is 0 Å². The van der Waals surface area contributed by atoms with Crippen molar-refractivity contribution >= 4 is 23.5 Å². The van der Waals surface area contributed by atoms with Crippen LogP contribution < -0.4 is 5.32 Å². The molecule has 2 rings (SSSR count). The largest absolute Gasteiger partial charge is 0.473 e. The number of carboxylic acids is 2. The van der Waals surface area contributed by atoms with Gasteiger partial charge in [-0.1, -0.05) is 48.5 Å². The minimum Gasteiger partial charge on any atom is -0.473 e. The molecule has 0 spiro atoms. The number of aliphatic hydroxyl groups excluding tert-OH is 1. The van der Waals surface area contributed by atoms with E-state index in [1.165, 1.54) is 5.56 Å². The van der Waals surface area contributed by atoms with Gasteiger partial charge in [0, 0.05) is 31.7 Å². The van der Waals surface area contributed by atoms with E-state index >= 15 is 0 Å². The van der Waals surface area contributed by atoms with Crippen molar-refractivity contribution in [2.75, 3.05) is 25.0 Å². The number of hydrogen-bond acceptors (Lipinski definition) is 5. The minimum atomic E-state index is -1.82. The number of carbonyl (C=O) groups is 3. The molecule has 0 unspecified atom stereocenters. The summed E-state index contributed by atoms with van der Waals surface area (Å²) in [7, 11) is 0. The van der Waals surface area contributed by atoms with Crippen LogP contribution >= 0.6 is 0 Å². The molecule has 8 heteroatoms. The fourth-order valence-electron chi connectivity index (χ4n) is 2.44. The number of aliphatic hydroxyl groups is 1. The van der Waals surface area contributed by atoms with Crippen molar-refractivity contribution in [2.45, 2.75) is 19.9 Å². The van der Waals surface area contributed by atoms with Crippen molar-refractivity contribution < 1.29 is 29.7 Å². The van der Waals surface area contributed by atoms with Gasteiger partial charge in [-0.2, -0.15) is 0 Å². The minimum absolute atomic E-state index is 0.00435. The first-order chi connectivity index (χ1) is 13.8. The molecule has 0 aliphatic carbocycles. The van der Waals surface area contributed by atoms with Gasteiger partial charge >= 0.3 is 11.9 Å². The fraction of sp³-hybridized carbons (Fsp3) is 0.286. The maximum absolute atomic E-state index is 12.1. The highest BCUT2D eigenvalue weighted by Crippen LogP contribution is 2.13. The number of amides is 1. The number of nitrogens with zero attached hydrogens (tertiary/aromatic N) is 1. The molecule has 0 aliphatic heterocycles. The van der Waals surface area contributed by atoms with Crippen LogP contribution in [0.25, 0.3) is 0 Å². The molecule has 2 aromatic rings. The molecule has 29 heavy (non-hydrogen) atoms. The number of rotatable bonds is 8. The second kappa shape index (κ2) is 13.0. The van der Waals surface area contributed by atoms with Gasteiger partial charge in [-0.25, -0.2) is 9.59 Å².